The van der Waals surface area contributed by atoms with Gasteiger partial charge in [0.1, 0.15) is 16.7 Å². The number of hydrogen-bond donors (Lipinski definition) is 1. The number of benzene rings is 2. The Morgan fingerprint density at radius 1 is 1.14 bits per heavy atom. The van der Waals surface area contributed by atoms with Crippen molar-refractivity contribution < 1.29 is 23.0 Å². The predicted molar refractivity (Wildman–Crippen MR) is 137 cm³/mol. The Morgan fingerprint density at radius 3 is 2.66 bits per heavy atom. The van der Waals surface area contributed by atoms with E-state index in [0.29, 0.717) is 25.3 Å². The summed E-state index contributed by atoms with van der Waals surface area (Å²) >= 11 is 0. The molecule has 192 valence electrons. The molecule has 0 aliphatic carbocycles. The lowest BCUT2D eigenvalue weighted by Gasteiger charge is -2.28. The molecule has 8 heteroatoms. The largest absolute Gasteiger partial charge is 0.485 e. The molecular weight excluding hydrogens is 464 g/mol. The molecule has 7 nitrogen and oxygen atoms in total. The topological polar surface area (TPSA) is 79.3 Å². The number of aliphatic hydroxyl groups is 1. The van der Waals surface area contributed by atoms with E-state index in [9.17, 15) is 13.5 Å². The number of rotatable bonds is 10. The first-order chi connectivity index (χ1) is 16.9. The first-order valence-corrected chi connectivity index (χ1v) is 14.2. The van der Waals surface area contributed by atoms with Crippen LogP contribution in [-0.2, 0) is 21.4 Å². The van der Waals surface area contributed by atoms with Crippen molar-refractivity contribution in [2.45, 2.75) is 75.7 Å². The highest BCUT2D eigenvalue weighted by atomic mass is 32.2. The summed E-state index contributed by atoms with van der Waals surface area (Å²) in [7, 11) is -3.73. The van der Waals surface area contributed by atoms with E-state index in [0.717, 1.165) is 43.5 Å². The highest BCUT2D eigenvalue weighted by Crippen LogP contribution is 2.36. The van der Waals surface area contributed by atoms with Gasteiger partial charge in [-0.2, -0.15) is 4.31 Å². The number of sulfonamides is 1. The fourth-order valence-corrected chi connectivity index (χ4v) is 6.63. The normalized spacial score (nSPS) is 22.9. The third-order valence-electron chi connectivity index (χ3n) is 6.85. The van der Waals surface area contributed by atoms with E-state index in [1.165, 1.54) is 0 Å². The Labute approximate surface area is 209 Å². The van der Waals surface area contributed by atoms with Crippen LogP contribution in [-0.4, -0.2) is 62.3 Å². The first kappa shape index (κ1) is 25.9. The van der Waals surface area contributed by atoms with E-state index in [4.69, 9.17) is 9.47 Å². The van der Waals surface area contributed by atoms with Crippen LogP contribution in [0.1, 0.15) is 51.5 Å². The average Bonchev–Trinajstić information content (AvgIpc) is 3.24. The minimum atomic E-state index is -3.73. The van der Waals surface area contributed by atoms with Crippen molar-refractivity contribution in [2.75, 3.05) is 31.1 Å². The number of ether oxygens (including phenoxy) is 2. The molecule has 0 unspecified atom stereocenters. The molecule has 1 saturated heterocycles. The van der Waals surface area contributed by atoms with Crippen LogP contribution in [0.4, 0.5) is 5.69 Å². The van der Waals surface area contributed by atoms with Gasteiger partial charge in [-0.1, -0.05) is 56.5 Å². The molecule has 2 aromatic rings. The van der Waals surface area contributed by atoms with Crippen LogP contribution in [0, 0.1) is 0 Å². The summed E-state index contributed by atoms with van der Waals surface area (Å²) in [6, 6.07) is 15.1. The van der Waals surface area contributed by atoms with Gasteiger partial charge in [-0.05, 0) is 37.5 Å². The van der Waals surface area contributed by atoms with Gasteiger partial charge in [-0.25, -0.2) is 8.42 Å². The first-order valence-electron chi connectivity index (χ1n) is 12.8. The molecule has 0 spiro atoms. The van der Waals surface area contributed by atoms with Crippen LogP contribution in [0.5, 0.6) is 5.75 Å². The molecule has 0 radical (unpaired) electrons. The quantitative estimate of drug-likeness (QED) is 0.491. The molecule has 35 heavy (non-hydrogen) atoms. The summed E-state index contributed by atoms with van der Waals surface area (Å²) < 4.78 is 41.5. The zero-order chi connectivity index (χ0) is 24.8. The summed E-state index contributed by atoms with van der Waals surface area (Å²) in [5.41, 5.74) is 1.93. The van der Waals surface area contributed by atoms with Gasteiger partial charge in [-0.3, -0.25) is 0 Å². The van der Waals surface area contributed by atoms with Crippen molar-refractivity contribution in [3.63, 3.8) is 0 Å². The number of anilines is 1. The maximum absolute atomic E-state index is 13.8. The van der Waals surface area contributed by atoms with Crippen molar-refractivity contribution in [1.82, 2.24) is 4.31 Å². The van der Waals surface area contributed by atoms with Crippen LogP contribution in [0.15, 0.2) is 53.4 Å². The molecule has 1 fully saturated rings. The number of nitrogens with zero attached hydrogens (tertiary/aromatic N) is 2. The van der Waals surface area contributed by atoms with E-state index in [2.05, 4.69) is 11.8 Å². The van der Waals surface area contributed by atoms with Crippen LogP contribution < -0.4 is 9.64 Å². The van der Waals surface area contributed by atoms with Crippen molar-refractivity contribution in [3.05, 3.63) is 54.1 Å². The van der Waals surface area contributed by atoms with E-state index in [1.807, 2.05) is 43.3 Å². The smallest absolute Gasteiger partial charge is 0.247 e. The summed E-state index contributed by atoms with van der Waals surface area (Å²) in [6.07, 6.45) is 3.89. The standard InChI is InChI=1S/C27H38N2O5S/c1-3-4-6-9-21(2)29-18-25(20-33-19-22-10-7-5-8-11-22)34-26-16-23(28-15-14-24(30)17-28)12-13-27(26)35(29,31)32/h5,7-8,10-13,16,21,24-25,30H,3-4,6,9,14-15,17-20H2,1-2H3/t21-,24-,25+/m0/s1. The summed E-state index contributed by atoms with van der Waals surface area (Å²) in [4.78, 5) is 2.27. The second-order valence-corrected chi connectivity index (χ2v) is 11.5. The zero-order valence-corrected chi connectivity index (χ0v) is 21.6. The number of unbranched alkanes of at least 4 members (excludes halogenated alkanes) is 2. The van der Waals surface area contributed by atoms with Gasteiger partial charge in [0.15, 0.2) is 0 Å². The predicted octanol–water partition coefficient (Wildman–Crippen LogP) is 4.19. The van der Waals surface area contributed by atoms with Crippen molar-refractivity contribution in [3.8, 4) is 5.75 Å². The van der Waals surface area contributed by atoms with Gasteiger partial charge in [0, 0.05) is 30.9 Å². The highest BCUT2D eigenvalue weighted by Gasteiger charge is 2.38. The molecule has 2 heterocycles. The number of fused-ring (bicyclic) bond motifs is 1. The van der Waals surface area contributed by atoms with Gasteiger partial charge < -0.3 is 19.5 Å². The van der Waals surface area contributed by atoms with Gasteiger partial charge in [0.25, 0.3) is 0 Å². The second-order valence-electron chi connectivity index (χ2n) is 9.68. The van der Waals surface area contributed by atoms with Gasteiger partial charge in [0.2, 0.25) is 10.0 Å². The molecule has 2 aliphatic rings. The van der Waals surface area contributed by atoms with Crippen molar-refractivity contribution >= 4 is 15.7 Å². The fourth-order valence-electron chi connectivity index (χ4n) is 4.84. The molecule has 0 saturated carbocycles. The van der Waals surface area contributed by atoms with E-state index < -0.39 is 16.1 Å². The third kappa shape index (κ3) is 6.36. The number of β-amino-alcohol motifs (C(OH)–C–C–N with tert-alkyl or cyclic N) is 1. The lowest BCUT2D eigenvalue weighted by atomic mass is 10.1. The second kappa shape index (κ2) is 11.7. The van der Waals surface area contributed by atoms with Crippen molar-refractivity contribution in [2.24, 2.45) is 0 Å². The zero-order valence-electron chi connectivity index (χ0n) is 20.8. The Kier molecular flexibility index (Phi) is 8.70. The summed E-state index contributed by atoms with van der Waals surface area (Å²) in [6.45, 7) is 6.38. The van der Waals surface area contributed by atoms with Gasteiger partial charge in [-0.15, -0.1) is 0 Å². The minimum absolute atomic E-state index is 0.133. The van der Waals surface area contributed by atoms with Crippen LogP contribution in [0.2, 0.25) is 0 Å². The lowest BCUT2D eigenvalue weighted by Crippen LogP contribution is -2.44. The van der Waals surface area contributed by atoms with Crippen LogP contribution in [0.3, 0.4) is 0 Å². The summed E-state index contributed by atoms with van der Waals surface area (Å²) in [5.74, 6) is 0.362. The Morgan fingerprint density at radius 2 is 1.94 bits per heavy atom. The average molecular weight is 503 g/mol. The summed E-state index contributed by atoms with van der Waals surface area (Å²) in [5, 5.41) is 9.95. The minimum Gasteiger partial charge on any atom is -0.485 e. The van der Waals surface area contributed by atoms with Crippen molar-refractivity contribution in [1.29, 1.82) is 0 Å². The van der Waals surface area contributed by atoms with E-state index >= 15 is 0 Å². The molecule has 0 aromatic heterocycles. The number of aliphatic hydroxyl groups excluding tert-OH is 1. The molecule has 4 rings (SSSR count). The Hall–Kier alpha value is -2.13. The SMILES string of the molecule is CCCCC[C@H](C)N1C[C@H](COCc2ccccc2)Oc2cc(N3CC[C@H](O)C3)ccc2S1(=O)=O. The molecule has 2 aromatic carbocycles. The molecular formula is C27H38N2O5S. The highest BCUT2D eigenvalue weighted by molar-refractivity contribution is 7.89. The number of hydrogen-bond acceptors (Lipinski definition) is 6. The maximum Gasteiger partial charge on any atom is 0.247 e. The lowest BCUT2D eigenvalue weighted by molar-refractivity contribution is 0.0310. The van der Waals surface area contributed by atoms with E-state index in [-0.39, 0.29) is 30.2 Å². The third-order valence-corrected chi connectivity index (χ3v) is 8.87. The molecule has 0 bridgehead atoms. The molecule has 0 amide bonds. The molecule has 2 aliphatic heterocycles. The Balaban J connectivity index is 1.58. The monoisotopic (exact) mass is 502 g/mol. The van der Waals surface area contributed by atoms with Gasteiger partial charge in [0.05, 0.1) is 25.9 Å². The van der Waals surface area contributed by atoms with E-state index in [1.54, 1.807) is 16.4 Å². The molecule has 3 atom stereocenters. The Bertz CT molecular complexity index is 1060. The molecule has 1 N–H and O–H groups in total. The van der Waals surface area contributed by atoms with Crippen LogP contribution in [0.25, 0.3) is 0 Å². The van der Waals surface area contributed by atoms with Gasteiger partial charge >= 0.3 is 0 Å². The fraction of sp³-hybridized carbons (Fsp3) is 0.556. The van der Waals surface area contributed by atoms with Crippen LogP contribution >= 0.6 is 0 Å². The maximum atomic E-state index is 13.8.